The van der Waals surface area contributed by atoms with Gasteiger partial charge in [0.15, 0.2) is 20.1 Å². The van der Waals surface area contributed by atoms with Gasteiger partial charge in [-0.2, -0.15) is 0 Å². The summed E-state index contributed by atoms with van der Waals surface area (Å²) in [6, 6.07) is 0. The van der Waals surface area contributed by atoms with Crippen molar-refractivity contribution in [2.24, 2.45) is 0 Å². The van der Waals surface area contributed by atoms with Crippen molar-refractivity contribution in [3.8, 4) is 0 Å². The van der Waals surface area contributed by atoms with Crippen LogP contribution in [0.4, 0.5) is 0 Å². The molecule has 0 saturated carbocycles. The van der Waals surface area contributed by atoms with E-state index in [0.717, 1.165) is 19.4 Å². The van der Waals surface area contributed by atoms with Gasteiger partial charge in [0.1, 0.15) is 0 Å². The number of hydrazine groups is 4. The molecule has 146 valence electrons. The summed E-state index contributed by atoms with van der Waals surface area (Å²) in [4.78, 5) is 52.8. The zero-order chi connectivity index (χ0) is 19.9. The van der Waals surface area contributed by atoms with Crippen molar-refractivity contribution in [3.63, 3.8) is 0 Å². The van der Waals surface area contributed by atoms with Crippen LogP contribution < -0.4 is 5.32 Å². The van der Waals surface area contributed by atoms with E-state index in [9.17, 15) is 45.3 Å². The predicted octanol–water partition coefficient (Wildman–Crippen LogP) is -2.30. The topological polar surface area (TPSA) is 215 Å². The summed E-state index contributed by atoms with van der Waals surface area (Å²) in [5, 5.41) is 41.9. The third-order valence-electron chi connectivity index (χ3n) is 3.13. The smallest absolute Gasteiger partial charge is 0.220 e. The van der Waals surface area contributed by atoms with Gasteiger partial charge in [0.2, 0.25) is 32.6 Å². The number of hydrogen-bond acceptors (Lipinski definition) is 9. The van der Waals surface area contributed by atoms with Crippen molar-refractivity contribution < 1.29 is 24.9 Å². The molecule has 2 rings (SSSR count). The lowest BCUT2D eigenvalue weighted by Gasteiger charge is -2.27. The molecule has 18 nitrogen and oxygen atoms in total. The van der Waals surface area contributed by atoms with E-state index in [4.69, 9.17) is 0 Å². The van der Waals surface area contributed by atoms with Crippen LogP contribution in [0.15, 0.2) is 0 Å². The van der Waals surface area contributed by atoms with Gasteiger partial charge in [0.05, 0.1) is 0 Å². The highest BCUT2D eigenvalue weighted by Crippen LogP contribution is 2.07. The standard InChI is InChI=1S/C4H8N8O8.C4H7NO/c13-9(14)5-1-6(10(15)16)3-8(12(19)20)4-7(2-5)11(17)18;6-4-2-1-3-5-4/h1-4H2;1-3H2,(H,5,6). The highest BCUT2D eigenvalue weighted by atomic mass is 16.7. The summed E-state index contributed by atoms with van der Waals surface area (Å²) in [6.45, 7) is -2.91. The van der Waals surface area contributed by atoms with E-state index in [1.54, 1.807) is 0 Å². The predicted molar refractivity (Wildman–Crippen MR) is 77.0 cm³/mol. The Morgan fingerprint density at radius 2 is 1.00 bits per heavy atom. The number of hydrogen-bond donors (Lipinski definition) is 1. The molecular formula is C8H15N9O9. The molecule has 0 unspecified atom stereocenters. The van der Waals surface area contributed by atoms with Gasteiger partial charge in [0.25, 0.3) is 0 Å². The number of carbonyl (C=O) groups excluding carboxylic acids is 1. The number of nitro groups is 4. The molecule has 1 amide bonds. The number of carbonyl (C=O) groups is 1. The second kappa shape index (κ2) is 8.94. The zero-order valence-electron chi connectivity index (χ0n) is 13.2. The first-order valence-corrected chi connectivity index (χ1v) is 6.95. The Kier molecular flexibility index (Phi) is 6.98. The molecule has 1 N–H and O–H groups in total. The average molecular weight is 381 g/mol. The fourth-order valence-electron chi connectivity index (χ4n) is 1.91. The minimum absolute atomic E-state index is 0.197. The molecule has 18 heteroatoms. The van der Waals surface area contributed by atoms with Gasteiger partial charge in [-0.1, -0.05) is 20.0 Å². The fourth-order valence-corrected chi connectivity index (χ4v) is 1.91. The lowest BCUT2D eigenvalue weighted by molar-refractivity contribution is -0.775. The largest absolute Gasteiger partial charge is 0.356 e. The first kappa shape index (κ1) is 20.3. The molecule has 0 radical (unpaired) electrons. The van der Waals surface area contributed by atoms with Crippen LogP contribution in [0.5, 0.6) is 0 Å². The van der Waals surface area contributed by atoms with Gasteiger partial charge in [-0.25, -0.2) is 40.5 Å². The lowest BCUT2D eigenvalue weighted by Crippen LogP contribution is -2.59. The minimum atomic E-state index is -1.06. The third-order valence-corrected chi connectivity index (χ3v) is 3.13. The summed E-state index contributed by atoms with van der Waals surface area (Å²) in [7, 11) is 0. The highest BCUT2D eigenvalue weighted by molar-refractivity contribution is 5.77. The van der Waals surface area contributed by atoms with E-state index in [1.807, 2.05) is 0 Å². The number of nitrogens with one attached hydrogen (secondary N) is 1. The molecule has 0 atom stereocenters. The monoisotopic (exact) mass is 381 g/mol. The van der Waals surface area contributed by atoms with Gasteiger partial charge in [-0.15, -0.1) is 0 Å². The van der Waals surface area contributed by atoms with Crippen LogP contribution in [0.25, 0.3) is 0 Å². The van der Waals surface area contributed by atoms with Crippen molar-refractivity contribution in [2.75, 3.05) is 33.2 Å². The maximum Gasteiger partial charge on any atom is 0.220 e. The van der Waals surface area contributed by atoms with Crippen molar-refractivity contribution in [1.29, 1.82) is 0 Å². The second-order valence-electron chi connectivity index (χ2n) is 5.00. The van der Waals surface area contributed by atoms with E-state index >= 15 is 0 Å². The Balaban J connectivity index is 0.000000472. The molecule has 0 aromatic carbocycles. The summed E-state index contributed by atoms with van der Waals surface area (Å²) < 4.78 is 0. The van der Waals surface area contributed by atoms with Crippen molar-refractivity contribution >= 4 is 5.91 Å². The van der Waals surface area contributed by atoms with E-state index < -0.39 is 46.8 Å². The van der Waals surface area contributed by atoms with Gasteiger partial charge < -0.3 is 5.32 Å². The van der Waals surface area contributed by atoms with E-state index in [2.05, 4.69) is 5.32 Å². The Morgan fingerprint density at radius 1 is 0.692 bits per heavy atom. The lowest BCUT2D eigenvalue weighted by atomic mass is 10.4. The van der Waals surface area contributed by atoms with Crippen LogP contribution in [0, 0.1) is 40.5 Å². The van der Waals surface area contributed by atoms with Crippen molar-refractivity contribution in [3.05, 3.63) is 40.5 Å². The van der Waals surface area contributed by atoms with Crippen LogP contribution >= 0.6 is 0 Å². The first-order chi connectivity index (χ1) is 12.1. The summed E-state index contributed by atoms with van der Waals surface area (Å²) in [5.41, 5.74) is 0. The van der Waals surface area contributed by atoms with Crippen LogP contribution in [0.2, 0.25) is 0 Å². The Hall–Kier alpha value is -3.73. The summed E-state index contributed by atoms with van der Waals surface area (Å²) >= 11 is 0. The van der Waals surface area contributed by atoms with Gasteiger partial charge in [-0.05, 0) is 6.42 Å². The maximum atomic E-state index is 10.7. The van der Waals surface area contributed by atoms with Gasteiger partial charge in [0, 0.05) is 13.0 Å². The minimum Gasteiger partial charge on any atom is -0.356 e. The molecule has 0 bridgehead atoms. The molecule has 0 aromatic rings. The first-order valence-electron chi connectivity index (χ1n) is 6.95. The van der Waals surface area contributed by atoms with Crippen LogP contribution in [0.1, 0.15) is 12.8 Å². The van der Waals surface area contributed by atoms with Crippen molar-refractivity contribution in [2.45, 2.75) is 12.8 Å². The van der Waals surface area contributed by atoms with Gasteiger partial charge >= 0.3 is 0 Å². The number of rotatable bonds is 4. The molecule has 2 fully saturated rings. The SMILES string of the molecule is O=C1CCCN1.O=[N+]([O-])N1CN([N+](=O)[O-])CN([N+](=O)[O-])CN([N+](=O)[O-])C1. The third kappa shape index (κ3) is 6.05. The Bertz CT molecular complexity index is 490. The van der Waals surface area contributed by atoms with Crippen LogP contribution in [-0.4, -0.2) is 79.3 Å². The molecule has 2 aliphatic rings. The second-order valence-corrected chi connectivity index (χ2v) is 5.00. The highest BCUT2D eigenvalue weighted by Gasteiger charge is 2.39. The molecule has 2 saturated heterocycles. The average Bonchev–Trinajstić information content (AvgIpc) is 2.97. The molecular weight excluding hydrogens is 366 g/mol. The van der Waals surface area contributed by atoms with Crippen LogP contribution in [-0.2, 0) is 4.79 Å². The molecule has 0 aliphatic carbocycles. The quantitative estimate of drug-likeness (QED) is 0.401. The molecule has 0 aromatic heterocycles. The van der Waals surface area contributed by atoms with Gasteiger partial charge in [-0.3, -0.25) is 4.79 Å². The summed E-state index contributed by atoms with van der Waals surface area (Å²) in [5.74, 6) is 0.204. The van der Waals surface area contributed by atoms with E-state index in [-0.39, 0.29) is 25.9 Å². The van der Waals surface area contributed by atoms with Crippen molar-refractivity contribution in [1.82, 2.24) is 25.4 Å². The normalized spacial score (nSPS) is 17.5. The van der Waals surface area contributed by atoms with E-state index in [0.29, 0.717) is 0 Å². The van der Waals surface area contributed by atoms with Crippen LogP contribution in [0.3, 0.4) is 0 Å². The Morgan fingerprint density at radius 3 is 1.12 bits per heavy atom. The number of nitrogens with zero attached hydrogens (tertiary/aromatic N) is 8. The fraction of sp³-hybridized carbons (Fsp3) is 0.875. The number of amides is 1. The molecule has 26 heavy (non-hydrogen) atoms. The molecule has 0 spiro atoms. The summed E-state index contributed by atoms with van der Waals surface area (Å²) in [6.07, 6.45) is 1.76. The van der Waals surface area contributed by atoms with E-state index in [1.165, 1.54) is 0 Å². The molecule has 2 aliphatic heterocycles. The zero-order valence-corrected chi connectivity index (χ0v) is 13.2. The Labute approximate surface area is 144 Å². The maximum absolute atomic E-state index is 10.7. The molecule has 2 heterocycles.